The Morgan fingerprint density at radius 1 is 1.47 bits per heavy atom. The minimum Gasteiger partial charge on any atom is -0.506 e. The molecule has 0 aliphatic heterocycles. The van der Waals surface area contributed by atoms with Crippen molar-refractivity contribution in [3.05, 3.63) is 28.3 Å². The van der Waals surface area contributed by atoms with E-state index in [0.717, 1.165) is 0 Å². The first-order valence-corrected chi connectivity index (χ1v) is 5.35. The van der Waals surface area contributed by atoms with Gasteiger partial charge in [0.1, 0.15) is 11.3 Å². The number of rotatable bonds is 2. The van der Waals surface area contributed by atoms with Crippen molar-refractivity contribution in [3.8, 4) is 5.75 Å². The summed E-state index contributed by atoms with van der Waals surface area (Å²) in [5.74, 6) is -2.95. The molecule has 1 saturated carbocycles. The second-order valence-electron chi connectivity index (χ2n) is 3.97. The summed E-state index contributed by atoms with van der Waals surface area (Å²) < 4.78 is 26.9. The number of nitrogens with zero attached hydrogens (tertiary/aromatic N) is 1. The van der Waals surface area contributed by atoms with E-state index in [1.165, 1.54) is 6.08 Å². The summed E-state index contributed by atoms with van der Waals surface area (Å²) in [6.45, 7) is 0. The van der Waals surface area contributed by atoms with Crippen molar-refractivity contribution in [2.24, 2.45) is 4.99 Å². The molecule has 0 spiro atoms. The molecule has 0 bridgehead atoms. The quantitative estimate of drug-likeness (QED) is 0.504. The molecule has 6 heteroatoms. The first-order valence-electron chi connectivity index (χ1n) is 4.98. The molecule has 0 aromatic heterocycles. The van der Waals surface area contributed by atoms with E-state index in [2.05, 4.69) is 4.99 Å². The average Bonchev–Trinajstić information content (AvgIpc) is 2.23. The van der Waals surface area contributed by atoms with Crippen LogP contribution >= 0.6 is 11.6 Å². The lowest BCUT2D eigenvalue weighted by molar-refractivity contribution is 0.236. The third-order valence-corrected chi connectivity index (χ3v) is 3.34. The Bertz CT molecular complexity index is 496. The van der Waals surface area contributed by atoms with Crippen molar-refractivity contribution in [1.29, 1.82) is 0 Å². The maximum Gasteiger partial charge on any atom is 0.235 e. The fraction of sp³-hybridized carbons (Fsp3) is 0.364. The predicted molar refractivity (Wildman–Crippen MR) is 56.7 cm³/mol. The topological polar surface area (TPSA) is 49.7 Å². The van der Waals surface area contributed by atoms with Gasteiger partial charge in [0.15, 0.2) is 11.6 Å². The van der Waals surface area contributed by atoms with Crippen LogP contribution in [0.4, 0.5) is 8.78 Å². The van der Waals surface area contributed by atoms with Crippen molar-refractivity contribution < 1.29 is 18.7 Å². The van der Waals surface area contributed by atoms with Crippen LogP contribution in [-0.2, 0) is 10.3 Å². The standard InChI is InChI=1S/C11H8ClF2NO2/c12-6-4-7(13)9(14)8(10(6)17)11(15-5-16)2-1-3-11/h4,17H,1-3H2. The first kappa shape index (κ1) is 12.0. The number of aromatic hydroxyl groups is 1. The third kappa shape index (κ3) is 1.72. The highest BCUT2D eigenvalue weighted by Crippen LogP contribution is 2.50. The zero-order chi connectivity index (χ0) is 12.6. The molecular formula is C11H8ClF2NO2. The van der Waals surface area contributed by atoms with Gasteiger partial charge in [0.25, 0.3) is 0 Å². The summed E-state index contributed by atoms with van der Waals surface area (Å²) in [4.78, 5) is 13.9. The Kier molecular flexibility index (Phi) is 2.89. The summed E-state index contributed by atoms with van der Waals surface area (Å²) >= 11 is 5.58. The number of hydrogen-bond acceptors (Lipinski definition) is 3. The van der Waals surface area contributed by atoms with E-state index >= 15 is 0 Å². The smallest absolute Gasteiger partial charge is 0.235 e. The van der Waals surface area contributed by atoms with Crippen molar-refractivity contribution in [2.45, 2.75) is 24.8 Å². The van der Waals surface area contributed by atoms with Gasteiger partial charge >= 0.3 is 0 Å². The van der Waals surface area contributed by atoms with Crippen molar-refractivity contribution >= 4 is 17.7 Å². The van der Waals surface area contributed by atoms with Crippen LogP contribution in [-0.4, -0.2) is 11.2 Å². The molecule has 0 saturated heterocycles. The molecule has 3 nitrogen and oxygen atoms in total. The van der Waals surface area contributed by atoms with Crippen LogP contribution in [0.5, 0.6) is 5.75 Å². The SMILES string of the molecule is O=C=NC1(c2c(O)c(Cl)cc(F)c2F)CCC1. The molecule has 1 N–H and O–H groups in total. The number of hydrogen-bond donors (Lipinski definition) is 1. The maximum atomic E-state index is 13.7. The number of carbonyl (C=O) groups excluding carboxylic acids is 1. The molecule has 1 aromatic rings. The number of aliphatic imine (C=N–C) groups is 1. The number of phenols is 1. The van der Waals surface area contributed by atoms with Crippen LogP contribution in [0.1, 0.15) is 24.8 Å². The van der Waals surface area contributed by atoms with E-state index in [1.54, 1.807) is 0 Å². The largest absolute Gasteiger partial charge is 0.506 e. The molecule has 2 rings (SSSR count). The number of halogens is 3. The lowest BCUT2D eigenvalue weighted by Gasteiger charge is -2.37. The second kappa shape index (κ2) is 4.09. The Hall–Kier alpha value is -1.45. The summed E-state index contributed by atoms with van der Waals surface area (Å²) in [5, 5.41) is 9.40. The molecular weight excluding hydrogens is 252 g/mol. The summed E-state index contributed by atoms with van der Waals surface area (Å²) in [6, 6.07) is 0.687. The molecule has 1 aliphatic rings. The number of isocyanates is 1. The minimum atomic E-state index is -1.22. The van der Waals surface area contributed by atoms with E-state index in [-0.39, 0.29) is 10.6 Å². The number of benzene rings is 1. The van der Waals surface area contributed by atoms with Gasteiger partial charge in [0.2, 0.25) is 6.08 Å². The van der Waals surface area contributed by atoms with Crippen molar-refractivity contribution in [3.63, 3.8) is 0 Å². The van der Waals surface area contributed by atoms with Crippen LogP contribution in [0, 0.1) is 11.6 Å². The number of phenolic OH excluding ortho intramolecular Hbond substituents is 1. The van der Waals surface area contributed by atoms with E-state index in [4.69, 9.17) is 11.6 Å². The fourth-order valence-electron chi connectivity index (χ4n) is 2.03. The monoisotopic (exact) mass is 259 g/mol. The van der Waals surface area contributed by atoms with Crippen LogP contribution in [0.2, 0.25) is 5.02 Å². The zero-order valence-corrected chi connectivity index (χ0v) is 9.39. The Labute approximate surface area is 101 Å². The van der Waals surface area contributed by atoms with Crippen molar-refractivity contribution in [2.75, 3.05) is 0 Å². The van der Waals surface area contributed by atoms with E-state index < -0.39 is 22.9 Å². The van der Waals surface area contributed by atoms with Crippen LogP contribution < -0.4 is 0 Å². The maximum absolute atomic E-state index is 13.7. The summed E-state index contributed by atoms with van der Waals surface area (Å²) in [6.07, 6.45) is 2.75. The third-order valence-electron chi connectivity index (χ3n) is 3.05. The molecule has 1 aliphatic carbocycles. The first-order chi connectivity index (χ1) is 8.02. The molecule has 1 aromatic carbocycles. The Morgan fingerprint density at radius 3 is 2.59 bits per heavy atom. The van der Waals surface area contributed by atoms with Gasteiger partial charge in [0, 0.05) is 0 Å². The fourth-order valence-corrected chi connectivity index (χ4v) is 2.22. The molecule has 17 heavy (non-hydrogen) atoms. The normalized spacial score (nSPS) is 17.1. The van der Waals surface area contributed by atoms with E-state index in [1.807, 2.05) is 0 Å². The summed E-state index contributed by atoms with van der Waals surface area (Å²) in [7, 11) is 0. The van der Waals surface area contributed by atoms with Gasteiger partial charge < -0.3 is 5.11 Å². The Balaban J connectivity index is 2.69. The minimum absolute atomic E-state index is 0.300. The Morgan fingerprint density at radius 2 is 2.12 bits per heavy atom. The van der Waals surface area contributed by atoms with Gasteiger partial charge in [-0.15, -0.1) is 0 Å². The second-order valence-corrected chi connectivity index (χ2v) is 4.37. The van der Waals surface area contributed by atoms with E-state index in [0.29, 0.717) is 25.3 Å². The molecule has 90 valence electrons. The highest BCUT2D eigenvalue weighted by atomic mass is 35.5. The van der Waals surface area contributed by atoms with Crippen LogP contribution in [0.25, 0.3) is 0 Å². The lowest BCUT2D eigenvalue weighted by atomic mass is 9.72. The zero-order valence-electron chi connectivity index (χ0n) is 8.64. The van der Waals surface area contributed by atoms with Gasteiger partial charge in [-0.2, -0.15) is 4.99 Å². The predicted octanol–water partition coefficient (Wildman–Crippen LogP) is 3.04. The van der Waals surface area contributed by atoms with Gasteiger partial charge in [-0.1, -0.05) is 11.6 Å². The molecule has 0 unspecified atom stereocenters. The van der Waals surface area contributed by atoms with Gasteiger partial charge in [-0.3, -0.25) is 0 Å². The molecule has 0 amide bonds. The molecule has 0 radical (unpaired) electrons. The van der Waals surface area contributed by atoms with Crippen LogP contribution in [0.15, 0.2) is 11.1 Å². The molecule has 0 heterocycles. The van der Waals surface area contributed by atoms with Gasteiger partial charge in [-0.05, 0) is 25.3 Å². The highest BCUT2D eigenvalue weighted by molar-refractivity contribution is 6.32. The van der Waals surface area contributed by atoms with Crippen molar-refractivity contribution in [1.82, 2.24) is 0 Å². The lowest BCUT2D eigenvalue weighted by Crippen LogP contribution is -2.33. The highest BCUT2D eigenvalue weighted by Gasteiger charge is 2.44. The van der Waals surface area contributed by atoms with Gasteiger partial charge in [-0.25, -0.2) is 13.6 Å². The molecule has 0 atom stereocenters. The average molecular weight is 260 g/mol. The van der Waals surface area contributed by atoms with Crippen LogP contribution in [0.3, 0.4) is 0 Å². The van der Waals surface area contributed by atoms with Gasteiger partial charge in [0.05, 0.1) is 10.6 Å². The van der Waals surface area contributed by atoms with E-state index in [9.17, 15) is 18.7 Å². The molecule has 1 fully saturated rings. The summed E-state index contributed by atoms with van der Waals surface area (Å²) in [5.41, 5.74) is -1.57.